The molecule has 12 nitrogen and oxygen atoms in total. The van der Waals surface area contributed by atoms with E-state index in [4.69, 9.17) is 14.1 Å². The van der Waals surface area contributed by atoms with Crippen molar-refractivity contribution < 1.29 is 42.6 Å². The zero-order chi connectivity index (χ0) is 16.4. The molecule has 23 heavy (non-hydrogen) atoms. The van der Waals surface area contributed by atoms with Crippen LogP contribution >= 0.6 is 7.82 Å². The molecule has 3 N–H and O–H groups in total. The van der Waals surface area contributed by atoms with E-state index in [1.165, 1.54) is 0 Å². The first-order valence-electron chi connectivity index (χ1n) is 6.29. The zero-order valence-electron chi connectivity index (χ0n) is 11.0. The highest BCUT2D eigenvalue weighted by atomic mass is 31.2. The number of rotatable bonds is 1. The number of phosphoric acid groups is 1. The fourth-order valence-electron chi connectivity index (χ4n) is 2.42. The normalized spacial score (nSPS) is 38.0. The van der Waals surface area contributed by atoms with Crippen molar-refractivity contribution in [3.63, 3.8) is 0 Å². The summed E-state index contributed by atoms with van der Waals surface area (Å²) in [6.07, 6.45) is -5.56. The van der Waals surface area contributed by atoms with Crippen LogP contribution in [-0.4, -0.2) is 44.7 Å². The lowest BCUT2D eigenvalue weighted by molar-refractivity contribution is -0.280. The molecule has 14 heteroatoms. The second kappa shape index (κ2) is 4.95. The highest BCUT2D eigenvalue weighted by Crippen LogP contribution is 2.54. The van der Waals surface area contributed by atoms with Crippen LogP contribution in [0, 0.1) is 5.82 Å². The summed E-state index contributed by atoms with van der Waals surface area (Å²) in [6, 6.07) is 0. The largest absolute Gasteiger partial charge is 0.581 e. The SMILES string of the molecule is O=c1nc2c(F)c3n1C1O[C@H](CO)[C@@H](OOP(=O)(ON2)O3)[C@H]1O. The molecule has 1 fully saturated rings. The van der Waals surface area contributed by atoms with E-state index >= 15 is 0 Å². The number of nitrogens with one attached hydrogen (secondary N) is 1. The van der Waals surface area contributed by atoms with Gasteiger partial charge in [-0.05, 0) is 0 Å². The molecule has 4 rings (SSSR count). The van der Waals surface area contributed by atoms with Crippen LogP contribution < -0.4 is 15.7 Å². The lowest BCUT2D eigenvalue weighted by Crippen LogP contribution is -2.37. The average molecular weight is 353 g/mol. The van der Waals surface area contributed by atoms with E-state index in [-0.39, 0.29) is 0 Å². The van der Waals surface area contributed by atoms with Gasteiger partial charge in [0.25, 0.3) is 5.88 Å². The first kappa shape index (κ1) is 15.0. The van der Waals surface area contributed by atoms with Gasteiger partial charge in [0.1, 0.15) is 12.2 Å². The van der Waals surface area contributed by atoms with E-state index in [1.807, 2.05) is 5.48 Å². The van der Waals surface area contributed by atoms with Crippen LogP contribution in [0.3, 0.4) is 0 Å². The molecule has 3 aliphatic heterocycles. The molecule has 5 bridgehead atoms. The Labute approximate surface area is 125 Å². The van der Waals surface area contributed by atoms with Gasteiger partial charge in [0.15, 0.2) is 18.1 Å². The van der Waals surface area contributed by atoms with Crippen molar-refractivity contribution >= 4 is 13.6 Å². The third-order valence-corrected chi connectivity index (χ3v) is 4.45. The van der Waals surface area contributed by atoms with E-state index in [2.05, 4.69) is 14.3 Å². The van der Waals surface area contributed by atoms with Crippen molar-refractivity contribution in [1.82, 2.24) is 9.55 Å². The van der Waals surface area contributed by atoms with Gasteiger partial charge in [-0.15, -0.1) is 4.67 Å². The second-order valence-electron chi connectivity index (χ2n) is 4.84. The van der Waals surface area contributed by atoms with Gasteiger partial charge in [0.05, 0.1) is 6.61 Å². The molecule has 1 aromatic heterocycles. The van der Waals surface area contributed by atoms with Crippen LogP contribution in [0.1, 0.15) is 6.23 Å². The molecule has 0 radical (unpaired) electrons. The topological polar surface area (TPSA) is 151 Å². The van der Waals surface area contributed by atoms with Crippen LogP contribution in [0.15, 0.2) is 4.79 Å². The van der Waals surface area contributed by atoms with Crippen molar-refractivity contribution in [2.75, 3.05) is 12.1 Å². The molecule has 126 valence electrons. The van der Waals surface area contributed by atoms with Gasteiger partial charge in [0, 0.05) is 0 Å². The maximum absolute atomic E-state index is 14.3. The van der Waals surface area contributed by atoms with E-state index < -0.39 is 62.2 Å². The molecule has 2 unspecified atom stereocenters. The van der Waals surface area contributed by atoms with Crippen molar-refractivity contribution in [3.8, 4) is 5.88 Å². The predicted octanol–water partition coefficient (Wildman–Crippen LogP) is -1.19. The Hall–Kier alpha value is -1.60. The summed E-state index contributed by atoms with van der Waals surface area (Å²) < 4.78 is 46.3. The van der Waals surface area contributed by atoms with E-state index in [0.29, 0.717) is 4.57 Å². The van der Waals surface area contributed by atoms with E-state index in [9.17, 15) is 24.0 Å². The fourth-order valence-corrected chi connectivity index (χ4v) is 3.30. The highest BCUT2D eigenvalue weighted by molar-refractivity contribution is 7.48. The molecular formula is C9H9FN3O9P. The fraction of sp³-hybridized carbons (Fsp3) is 0.556. The first-order valence-corrected chi connectivity index (χ1v) is 7.75. The molecule has 4 heterocycles. The highest BCUT2D eigenvalue weighted by Gasteiger charge is 2.52. The Bertz CT molecular complexity index is 771. The van der Waals surface area contributed by atoms with Gasteiger partial charge in [-0.3, -0.25) is 0 Å². The number of fused-ring (bicyclic) bond motifs is 5. The second-order valence-corrected chi connectivity index (χ2v) is 6.25. The summed E-state index contributed by atoms with van der Waals surface area (Å²) in [5, 5.41) is 19.5. The molecule has 1 aromatic rings. The number of halogens is 1. The number of aliphatic hydroxyl groups excluding tert-OH is 2. The van der Waals surface area contributed by atoms with Gasteiger partial charge < -0.3 is 19.5 Å². The van der Waals surface area contributed by atoms with Gasteiger partial charge in [-0.25, -0.2) is 24.3 Å². The van der Waals surface area contributed by atoms with Crippen molar-refractivity contribution in [2.24, 2.45) is 0 Å². The van der Waals surface area contributed by atoms with Crippen LogP contribution in [0.2, 0.25) is 0 Å². The van der Waals surface area contributed by atoms with Gasteiger partial charge >= 0.3 is 13.5 Å². The van der Waals surface area contributed by atoms with Crippen LogP contribution in [0.4, 0.5) is 10.2 Å². The number of ether oxygens (including phenoxy) is 1. The van der Waals surface area contributed by atoms with Crippen LogP contribution in [-0.2, 0) is 23.5 Å². The summed E-state index contributed by atoms with van der Waals surface area (Å²) in [6.45, 7) is -0.621. The van der Waals surface area contributed by atoms with Gasteiger partial charge in [-0.2, -0.15) is 14.0 Å². The maximum atomic E-state index is 14.3. The lowest BCUT2D eigenvalue weighted by atomic mass is 10.1. The number of hydrogen-bond acceptors (Lipinski definition) is 11. The molecule has 1 saturated heterocycles. The van der Waals surface area contributed by atoms with Crippen molar-refractivity contribution in [1.29, 1.82) is 0 Å². The minimum atomic E-state index is -4.55. The monoisotopic (exact) mass is 353 g/mol. The number of hydrogen-bond donors (Lipinski definition) is 3. The average Bonchev–Trinajstić information content (AvgIpc) is 2.81. The molecule has 0 amide bonds. The standard InChI is InChI=1S/C9H9FN3O9P/c10-3-6-11-9(16)13-7(3)20-23(17,21-12-6)22-19-5-2(1-14)18-8(13)4(5)15/h2,4-5,8,14-15H,1H2,(H,11,12,16)/t2-,4-,5-,8?,23?/m1/s1. The molecule has 0 saturated carbocycles. The Balaban J connectivity index is 1.97. The van der Waals surface area contributed by atoms with Gasteiger partial charge in [-0.1, -0.05) is 0 Å². The lowest BCUT2D eigenvalue weighted by Gasteiger charge is -2.20. The summed E-state index contributed by atoms with van der Waals surface area (Å²) >= 11 is 0. The summed E-state index contributed by atoms with van der Waals surface area (Å²) in [5.41, 5.74) is 0.768. The molecule has 0 aliphatic carbocycles. The predicted molar refractivity (Wildman–Crippen MR) is 64.4 cm³/mol. The summed E-state index contributed by atoms with van der Waals surface area (Å²) in [7, 11) is -4.55. The summed E-state index contributed by atoms with van der Waals surface area (Å²) in [4.78, 5) is 20.2. The number of nitrogens with zero attached hydrogens (tertiary/aromatic N) is 2. The van der Waals surface area contributed by atoms with Crippen LogP contribution in [0.25, 0.3) is 0 Å². The molecule has 3 aliphatic rings. The van der Waals surface area contributed by atoms with E-state index in [0.717, 1.165) is 0 Å². The zero-order valence-corrected chi connectivity index (χ0v) is 11.9. The third-order valence-electron chi connectivity index (χ3n) is 3.47. The Morgan fingerprint density at radius 2 is 2.26 bits per heavy atom. The van der Waals surface area contributed by atoms with Crippen molar-refractivity contribution in [3.05, 3.63) is 16.3 Å². The number of aromatic nitrogens is 2. The smallest absolute Gasteiger partial charge is 0.394 e. The number of aliphatic hydroxyl groups is 2. The van der Waals surface area contributed by atoms with Gasteiger partial charge in [0.2, 0.25) is 5.82 Å². The summed E-state index contributed by atoms with van der Waals surface area (Å²) in [5.74, 6) is -2.78. The third kappa shape index (κ3) is 2.10. The Kier molecular flexibility index (Phi) is 3.22. The number of anilines is 1. The Morgan fingerprint density at radius 1 is 1.48 bits per heavy atom. The molecule has 0 aromatic carbocycles. The van der Waals surface area contributed by atoms with Crippen molar-refractivity contribution in [2.45, 2.75) is 24.5 Å². The maximum Gasteiger partial charge on any atom is 0.581 e. The molecule has 5 atom stereocenters. The molecule has 0 spiro atoms. The first-order chi connectivity index (χ1) is 10.9. The quantitative estimate of drug-likeness (QED) is 0.413. The minimum absolute atomic E-state index is 0.507. The molecular weight excluding hydrogens is 344 g/mol. The minimum Gasteiger partial charge on any atom is -0.394 e. The van der Waals surface area contributed by atoms with E-state index in [1.54, 1.807) is 0 Å². The Morgan fingerprint density at radius 3 is 3.00 bits per heavy atom. The van der Waals surface area contributed by atoms with Crippen LogP contribution in [0.5, 0.6) is 5.88 Å².